The zero-order valence-electron chi connectivity index (χ0n) is 82.0. The second kappa shape index (κ2) is 41.6. The Bertz CT molecular complexity index is 6550. The Balaban J connectivity index is 0.000000148. The molecule has 0 spiro atoms. The lowest BCUT2D eigenvalue weighted by Gasteiger charge is -2.44. The Morgan fingerprint density at radius 2 is 0.633 bits per heavy atom. The molecule has 0 radical (unpaired) electrons. The molecular weight excluding hydrogens is 1790 g/mol. The predicted octanol–water partition coefficient (Wildman–Crippen LogP) is 17.6. The molecule has 32 heteroatoms. The number of nitrogens with zero attached hydrogens (tertiary/aromatic N) is 12. The van der Waals surface area contributed by atoms with Crippen molar-refractivity contribution in [2.24, 2.45) is 5.41 Å². The van der Waals surface area contributed by atoms with E-state index in [-0.39, 0.29) is 147 Å². The third-order valence-electron chi connectivity index (χ3n) is 26.2. The molecule has 4 aliphatic heterocycles. The third kappa shape index (κ3) is 22.8. The molecule has 4 aromatic carbocycles. The maximum Gasteiger partial charge on any atom is 0.290 e. The van der Waals surface area contributed by atoms with Crippen LogP contribution in [0, 0.1) is 28.7 Å². The maximum atomic E-state index is 13.5. The van der Waals surface area contributed by atoms with Gasteiger partial charge in [-0.1, -0.05) is 76.2 Å². The average molecular weight is 1910 g/mol. The number of benzene rings is 4. The Morgan fingerprint density at radius 1 is 0.381 bits per heavy atom. The quantitative estimate of drug-likeness (QED) is 0.0615. The number of amides is 8. The molecule has 1 saturated carbocycles. The molecular formula is C107H124F4N12O16. The van der Waals surface area contributed by atoms with Crippen LogP contribution in [-0.2, 0) is 19.2 Å². The van der Waals surface area contributed by atoms with Gasteiger partial charge in [-0.05, 0) is 225 Å². The molecule has 8 aromatic heterocycles. The molecule has 5 fully saturated rings. The number of aliphatic hydroxyl groups excluding tert-OH is 2. The van der Waals surface area contributed by atoms with Crippen LogP contribution < -0.4 is 0 Å². The summed E-state index contributed by atoms with van der Waals surface area (Å²) in [7, 11) is 0. The molecule has 139 heavy (non-hydrogen) atoms. The normalized spacial score (nSPS) is 18.0. The van der Waals surface area contributed by atoms with E-state index >= 15 is 0 Å². The highest BCUT2D eigenvalue weighted by Crippen LogP contribution is 2.41. The minimum atomic E-state index is -1.45. The summed E-state index contributed by atoms with van der Waals surface area (Å²) in [5, 5.41) is 40.4. The number of hydrogen-bond acceptors (Lipinski definition) is 20. The monoisotopic (exact) mass is 1910 g/mol. The van der Waals surface area contributed by atoms with Crippen molar-refractivity contribution in [3.8, 4) is 45.0 Å². The van der Waals surface area contributed by atoms with Crippen molar-refractivity contribution < 1.29 is 94.0 Å². The van der Waals surface area contributed by atoms with Crippen LogP contribution in [0.5, 0.6) is 0 Å². The van der Waals surface area contributed by atoms with Gasteiger partial charge in [-0.3, -0.25) is 38.4 Å². The second-order valence-electron chi connectivity index (χ2n) is 40.2. The zero-order chi connectivity index (χ0) is 101. The number of pyridine rings is 4. The van der Waals surface area contributed by atoms with Crippen LogP contribution >= 0.6 is 0 Å². The molecule has 736 valence electrons. The van der Waals surface area contributed by atoms with Gasteiger partial charge in [-0.25, -0.2) is 37.5 Å². The molecule has 0 unspecified atom stereocenters. The lowest BCUT2D eigenvalue weighted by atomic mass is 9.79. The van der Waals surface area contributed by atoms with Gasteiger partial charge in [0.15, 0.2) is 45.4 Å². The summed E-state index contributed by atoms with van der Waals surface area (Å²) in [4.78, 5) is 135. The lowest BCUT2D eigenvalue weighted by molar-refractivity contribution is -0.162. The van der Waals surface area contributed by atoms with Crippen LogP contribution in [0.4, 0.5) is 17.6 Å². The molecule has 4 saturated heterocycles. The Kier molecular flexibility index (Phi) is 30.5. The number of fused-ring (bicyclic) bond motifs is 4. The van der Waals surface area contributed by atoms with E-state index in [0.717, 1.165) is 50.9 Å². The molecule has 1 aliphatic carbocycles. The van der Waals surface area contributed by atoms with E-state index in [0.29, 0.717) is 165 Å². The van der Waals surface area contributed by atoms with E-state index in [2.05, 4.69) is 9.97 Å². The molecule has 5 aliphatic rings. The van der Waals surface area contributed by atoms with E-state index in [1.54, 1.807) is 112 Å². The Morgan fingerprint density at radius 3 is 0.871 bits per heavy atom. The summed E-state index contributed by atoms with van der Waals surface area (Å²) in [6.45, 7) is 38.4. The van der Waals surface area contributed by atoms with Gasteiger partial charge in [0, 0.05) is 171 Å². The summed E-state index contributed by atoms with van der Waals surface area (Å²) in [6.07, 6.45) is 0.125. The highest BCUT2D eigenvalue weighted by molar-refractivity contribution is 6.01. The van der Waals surface area contributed by atoms with Crippen LogP contribution in [0.15, 0.2) is 163 Å². The molecule has 12 aromatic rings. The van der Waals surface area contributed by atoms with Gasteiger partial charge in [0.1, 0.15) is 68.7 Å². The first-order valence-electron chi connectivity index (χ1n) is 47.6. The van der Waals surface area contributed by atoms with Gasteiger partial charge < -0.3 is 77.3 Å². The van der Waals surface area contributed by atoms with Crippen molar-refractivity contribution >= 4 is 91.7 Å². The van der Waals surface area contributed by atoms with Crippen LogP contribution in [0.3, 0.4) is 0 Å². The molecule has 17 rings (SSSR count). The van der Waals surface area contributed by atoms with Gasteiger partial charge >= 0.3 is 0 Å². The molecule has 8 amide bonds. The van der Waals surface area contributed by atoms with Gasteiger partial charge in [-0.2, -0.15) is 0 Å². The van der Waals surface area contributed by atoms with Crippen molar-refractivity contribution in [3.63, 3.8) is 0 Å². The largest absolute Gasteiger partial charge is 0.449 e. The van der Waals surface area contributed by atoms with Gasteiger partial charge in [-0.15, -0.1) is 0 Å². The average Bonchev–Trinajstić information content (AvgIpc) is 1.76. The van der Waals surface area contributed by atoms with E-state index in [4.69, 9.17) is 27.6 Å². The fourth-order valence-electron chi connectivity index (χ4n) is 18.3. The van der Waals surface area contributed by atoms with Gasteiger partial charge in [0.05, 0.1) is 22.8 Å². The van der Waals surface area contributed by atoms with Crippen molar-refractivity contribution in [1.29, 1.82) is 0 Å². The zero-order valence-corrected chi connectivity index (χ0v) is 82.0. The summed E-state index contributed by atoms with van der Waals surface area (Å²) in [5.74, 6) is -2.24. The number of carbonyl (C=O) groups is 8. The number of carbonyl (C=O) groups excluding carboxylic acids is 8. The smallest absolute Gasteiger partial charge is 0.290 e. The first kappa shape index (κ1) is 102. The fraction of sp³-hybridized carbons (Fsp3) is 0.439. The number of furan rings is 4. The predicted molar refractivity (Wildman–Crippen MR) is 519 cm³/mol. The summed E-state index contributed by atoms with van der Waals surface area (Å²) < 4.78 is 77.7. The van der Waals surface area contributed by atoms with Crippen LogP contribution in [-0.4, -0.2) is 253 Å². The molecule has 6 atom stereocenters. The van der Waals surface area contributed by atoms with Crippen molar-refractivity contribution in [2.45, 2.75) is 222 Å². The minimum absolute atomic E-state index is 0.117. The van der Waals surface area contributed by atoms with E-state index in [9.17, 15) is 76.3 Å². The summed E-state index contributed by atoms with van der Waals surface area (Å²) in [5.41, 5.74) is 11.2. The first-order chi connectivity index (χ1) is 65.6. The standard InChI is InChI=1S/C29H36FN3O4.C27H30FN3O4.C26H30FN3O4.C25H28FN3O4/c1-17(2)21-13-22(19-7-9-20(30)10-8-19)31-23-14-25(37-26(21)23)28(36)33-12-11-32(16-18(33)3)27(35)24(34)15-29(4,5)6;1-16(2)20-13-21(18-5-7-19(28)8-6-18)29-22-14-23(35-24(20)22)25(32)31-12-11-30(15-17(31)3)26(33)27(34)9-4-10-27;1-15(2)19-12-20(17-6-8-18(27)9-7-17)28-21-13-22(34-23(19)21)24(31)30-11-10-29(14-16(30)3)25(32)26(4,5)33;1-14(2)19-11-20(17-5-7-18(26)8-6-17)27-21-12-22(33-23(19)21)25(32)29-10-9-28(13-15(29)3)24(31)16(4)30/h7-10,13-14,17-18,24,34H,11-12,15-16H2,1-6H3;5-8,13-14,16-17,34H,4,9-12,15H2,1-3H3;6-9,12-13,15-16,33H,10-11,14H2,1-5H3;5-8,11-12,14-16,30H,9-10,13H2,1-4H3/t18-,24+;17-;16-;15-,16+/m0010/s1. The maximum absolute atomic E-state index is 13.5. The van der Waals surface area contributed by atoms with Crippen LogP contribution in [0.25, 0.3) is 89.4 Å². The summed E-state index contributed by atoms with van der Waals surface area (Å²) >= 11 is 0. The Labute approximate surface area is 805 Å². The van der Waals surface area contributed by atoms with E-state index < -0.39 is 23.4 Å². The summed E-state index contributed by atoms with van der Waals surface area (Å²) in [6, 6.07) is 38.0. The Hall–Kier alpha value is -13.0. The second-order valence-corrected chi connectivity index (χ2v) is 40.2. The van der Waals surface area contributed by atoms with Gasteiger partial charge in [0.2, 0.25) is 0 Å². The molecule has 12 heterocycles. The van der Waals surface area contributed by atoms with E-state index in [1.807, 2.05) is 128 Å². The topological polar surface area (TPSA) is 348 Å². The lowest BCUT2D eigenvalue weighted by Crippen LogP contribution is -2.61. The van der Waals surface area contributed by atoms with Gasteiger partial charge in [0.25, 0.3) is 47.3 Å². The highest BCUT2D eigenvalue weighted by Gasteiger charge is 2.47. The molecule has 0 bridgehead atoms. The van der Waals surface area contributed by atoms with E-state index in [1.165, 1.54) is 69.3 Å². The minimum Gasteiger partial charge on any atom is -0.449 e. The van der Waals surface area contributed by atoms with Crippen LogP contribution in [0.2, 0.25) is 0 Å². The number of aliphatic hydroxyl groups is 4. The molecule has 4 N–H and O–H groups in total. The SMILES string of the molecule is CC(C)c1cc(-c2ccc(F)cc2)nc2cc(C(=O)N3CCN(C(=O)C(C)(C)O)C[C@H]3C)oc12.CC(C)c1cc(-c2ccc(F)cc2)nc2cc(C(=O)N3CCN(C(=O)C4(O)CCC4)C[C@@H]3C)oc12.CC(C)c1cc(-c2ccc(F)cc2)nc2cc(C(=O)N3CCN(C(=O)[C@@H](C)O)C[C@@H]3C)oc12.CC(C)c1cc(-c2ccc(F)cc2)nc2cc(C(=O)N3CCN(C(=O)[C@H](O)CC(C)(C)C)C[C@@H]3C)oc12. The number of piperazine rings is 4. The molecule has 28 nitrogen and oxygen atoms in total. The number of halogens is 4. The van der Waals surface area contributed by atoms with Crippen molar-refractivity contribution in [3.05, 3.63) is 214 Å². The van der Waals surface area contributed by atoms with Crippen molar-refractivity contribution in [2.75, 3.05) is 78.5 Å². The third-order valence-corrected chi connectivity index (χ3v) is 26.2. The number of aromatic nitrogens is 4. The number of rotatable bonds is 17. The highest BCUT2D eigenvalue weighted by atomic mass is 19.1. The number of hydrogen-bond donors (Lipinski definition) is 4. The van der Waals surface area contributed by atoms with Crippen LogP contribution in [0.1, 0.15) is 238 Å². The first-order valence-corrected chi connectivity index (χ1v) is 47.6. The fourth-order valence-corrected chi connectivity index (χ4v) is 18.3. The van der Waals surface area contributed by atoms with Crippen molar-refractivity contribution in [1.82, 2.24) is 59.1 Å².